The van der Waals surface area contributed by atoms with E-state index < -0.39 is 0 Å². The van der Waals surface area contributed by atoms with Crippen LogP contribution in [0.3, 0.4) is 0 Å². The summed E-state index contributed by atoms with van der Waals surface area (Å²) in [4.78, 5) is 30.5. The second-order valence-corrected chi connectivity index (χ2v) is 7.70. The Morgan fingerprint density at radius 3 is 2.18 bits per heavy atom. The van der Waals surface area contributed by atoms with Gasteiger partial charge in [0.05, 0.1) is 6.54 Å². The molecule has 1 aromatic carbocycles. The number of nitrogens with zero attached hydrogens (tertiary/aromatic N) is 3. The molecule has 0 aliphatic rings. The van der Waals surface area contributed by atoms with Crippen LogP contribution >= 0.6 is 0 Å². The number of carbonyl (C=O) groups excluding carboxylic acids is 2. The van der Waals surface area contributed by atoms with Crippen molar-refractivity contribution in [2.24, 2.45) is 5.92 Å². The summed E-state index contributed by atoms with van der Waals surface area (Å²) < 4.78 is 5.67. The first-order valence-corrected chi connectivity index (χ1v) is 9.59. The molecule has 1 aromatic heterocycles. The van der Waals surface area contributed by atoms with Gasteiger partial charge in [-0.25, -0.2) is 4.79 Å². The summed E-state index contributed by atoms with van der Waals surface area (Å²) in [7, 11) is 3.40. The third-order valence-corrected chi connectivity index (χ3v) is 4.28. The van der Waals surface area contributed by atoms with E-state index in [9.17, 15) is 9.59 Å². The zero-order chi connectivity index (χ0) is 20.7. The van der Waals surface area contributed by atoms with Crippen LogP contribution in [0.4, 0.5) is 4.79 Å². The Balaban J connectivity index is 2.19. The lowest BCUT2D eigenvalue weighted by Crippen LogP contribution is -2.47. The van der Waals surface area contributed by atoms with Crippen molar-refractivity contribution in [1.82, 2.24) is 14.7 Å². The van der Waals surface area contributed by atoms with Gasteiger partial charge in [0, 0.05) is 27.2 Å². The Hall–Kier alpha value is -2.76. The van der Waals surface area contributed by atoms with Crippen molar-refractivity contribution in [2.75, 3.05) is 27.2 Å². The number of hydrogen-bond donors (Lipinski definition) is 0. The van der Waals surface area contributed by atoms with E-state index in [-0.39, 0.29) is 24.4 Å². The third kappa shape index (κ3) is 6.44. The van der Waals surface area contributed by atoms with E-state index in [1.54, 1.807) is 23.9 Å². The summed E-state index contributed by atoms with van der Waals surface area (Å²) in [5, 5.41) is 0. The van der Waals surface area contributed by atoms with Crippen molar-refractivity contribution >= 4 is 11.9 Å². The highest BCUT2D eigenvalue weighted by Crippen LogP contribution is 2.14. The lowest BCUT2D eigenvalue weighted by atomic mass is 10.2. The zero-order valence-electron chi connectivity index (χ0n) is 17.5. The van der Waals surface area contributed by atoms with Gasteiger partial charge in [-0.15, -0.1) is 0 Å². The van der Waals surface area contributed by atoms with Crippen molar-refractivity contribution in [3.05, 3.63) is 59.5 Å². The molecule has 0 spiro atoms. The molecule has 0 atom stereocenters. The quantitative estimate of drug-likeness (QED) is 0.695. The smallest absolute Gasteiger partial charge is 0.319 e. The average molecular weight is 386 g/mol. The highest BCUT2D eigenvalue weighted by atomic mass is 16.3. The molecule has 0 radical (unpaired) electrons. The molecule has 0 saturated heterocycles. The largest absolute Gasteiger partial charge is 0.464 e. The maximum absolute atomic E-state index is 13.1. The molecule has 0 unspecified atom stereocenters. The minimum atomic E-state index is -0.157. The van der Waals surface area contributed by atoms with Crippen LogP contribution in [0.2, 0.25) is 0 Å². The average Bonchev–Trinajstić information content (AvgIpc) is 3.05. The van der Waals surface area contributed by atoms with Gasteiger partial charge >= 0.3 is 6.03 Å². The number of hydrogen-bond acceptors (Lipinski definition) is 3. The van der Waals surface area contributed by atoms with E-state index in [4.69, 9.17) is 4.42 Å². The molecule has 3 amide bonds. The molecule has 152 valence electrons. The van der Waals surface area contributed by atoms with Crippen LogP contribution in [-0.4, -0.2) is 53.8 Å². The number of carbonyl (C=O) groups is 2. The molecular weight excluding hydrogens is 354 g/mol. The molecule has 0 fully saturated rings. The van der Waals surface area contributed by atoms with Gasteiger partial charge in [-0.05, 0) is 30.5 Å². The fourth-order valence-corrected chi connectivity index (χ4v) is 2.99. The highest BCUT2D eigenvalue weighted by molar-refractivity contribution is 5.84. The van der Waals surface area contributed by atoms with Crippen LogP contribution in [-0.2, 0) is 17.9 Å². The summed E-state index contributed by atoms with van der Waals surface area (Å²) in [5.74, 6) is 1.71. The molecular formula is C22H31N3O3. The Bertz CT molecular complexity index is 768. The van der Waals surface area contributed by atoms with Crippen LogP contribution < -0.4 is 0 Å². The molecule has 6 heteroatoms. The van der Waals surface area contributed by atoms with Gasteiger partial charge in [-0.1, -0.05) is 44.2 Å². The number of rotatable bonds is 8. The van der Waals surface area contributed by atoms with E-state index in [0.29, 0.717) is 19.6 Å². The summed E-state index contributed by atoms with van der Waals surface area (Å²) >= 11 is 0. The van der Waals surface area contributed by atoms with Crippen LogP contribution in [0.5, 0.6) is 0 Å². The lowest BCUT2D eigenvalue weighted by Gasteiger charge is -2.30. The Labute approximate surface area is 167 Å². The summed E-state index contributed by atoms with van der Waals surface area (Å²) in [5.41, 5.74) is 1.04. The first kappa shape index (κ1) is 21.5. The maximum atomic E-state index is 13.1. The molecule has 0 saturated carbocycles. The van der Waals surface area contributed by atoms with Gasteiger partial charge in [-0.3, -0.25) is 4.79 Å². The normalized spacial score (nSPS) is 10.8. The molecule has 2 rings (SSSR count). The molecule has 1 heterocycles. The topological polar surface area (TPSA) is 57.0 Å². The van der Waals surface area contributed by atoms with Crippen LogP contribution in [0, 0.1) is 12.8 Å². The van der Waals surface area contributed by atoms with Crippen molar-refractivity contribution in [2.45, 2.75) is 33.9 Å². The Kier molecular flexibility index (Phi) is 7.67. The standard InChI is InChI=1S/C22H31N3O3/c1-17(2)13-25(22(27)23(4)5)16-21(26)24(14-19-9-7-6-8-10-19)15-20-12-11-18(3)28-20/h6-12,17H,13-16H2,1-5H3. The zero-order valence-corrected chi connectivity index (χ0v) is 17.5. The van der Waals surface area contributed by atoms with E-state index in [1.165, 1.54) is 4.90 Å². The van der Waals surface area contributed by atoms with Crippen LogP contribution in [0.1, 0.15) is 30.9 Å². The van der Waals surface area contributed by atoms with Gasteiger partial charge in [0.15, 0.2) is 0 Å². The van der Waals surface area contributed by atoms with E-state index in [1.807, 2.05) is 63.2 Å². The number of aryl methyl sites for hydroxylation is 1. The number of furan rings is 1. The van der Waals surface area contributed by atoms with E-state index >= 15 is 0 Å². The number of benzene rings is 1. The molecule has 0 N–H and O–H groups in total. The molecule has 6 nitrogen and oxygen atoms in total. The van der Waals surface area contributed by atoms with Crippen molar-refractivity contribution < 1.29 is 14.0 Å². The van der Waals surface area contributed by atoms with Gasteiger partial charge in [0.2, 0.25) is 5.91 Å². The highest BCUT2D eigenvalue weighted by Gasteiger charge is 2.24. The van der Waals surface area contributed by atoms with Crippen molar-refractivity contribution in [3.8, 4) is 0 Å². The molecule has 2 aromatic rings. The molecule has 0 aliphatic heterocycles. The first-order valence-electron chi connectivity index (χ1n) is 9.59. The predicted octanol–water partition coefficient (Wildman–Crippen LogP) is 3.76. The first-order chi connectivity index (χ1) is 13.3. The van der Waals surface area contributed by atoms with Gasteiger partial charge in [0.25, 0.3) is 0 Å². The lowest BCUT2D eigenvalue weighted by molar-refractivity contribution is -0.133. The fourth-order valence-electron chi connectivity index (χ4n) is 2.99. The molecule has 28 heavy (non-hydrogen) atoms. The monoisotopic (exact) mass is 385 g/mol. The maximum Gasteiger partial charge on any atom is 0.319 e. The third-order valence-electron chi connectivity index (χ3n) is 4.28. The van der Waals surface area contributed by atoms with Crippen molar-refractivity contribution in [1.29, 1.82) is 0 Å². The Morgan fingerprint density at radius 1 is 0.964 bits per heavy atom. The molecule has 0 bridgehead atoms. The number of amides is 3. The van der Waals surface area contributed by atoms with Crippen LogP contribution in [0.25, 0.3) is 0 Å². The summed E-state index contributed by atoms with van der Waals surface area (Å²) in [6, 6.07) is 13.5. The fraction of sp³-hybridized carbons (Fsp3) is 0.455. The van der Waals surface area contributed by atoms with Gasteiger partial charge in [-0.2, -0.15) is 0 Å². The predicted molar refractivity (Wildman–Crippen MR) is 110 cm³/mol. The minimum absolute atomic E-state index is 0.0434. The SMILES string of the molecule is Cc1ccc(CN(Cc2ccccc2)C(=O)CN(CC(C)C)C(=O)N(C)C)o1. The van der Waals surface area contributed by atoms with E-state index in [2.05, 4.69) is 0 Å². The molecule has 0 aliphatic carbocycles. The van der Waals surface area contributed by atoms with Crippen molar-refractivity contribution in [3.63, 3.8) is 0 Å². The number of urea groups is 1. The second-order valence-electron chi connectivity index (χ2n) is 7.70. The minimum Gasteiger partial charge on any atom is -0.464 e. The van der Waals surface area contributed by atoms with Gasteiger partial charge in [0.1, 0.15) is 18.1 Å². The van der Waals surface area contributed by atoms with Crippen LogP contribution in [0.15, 0.2) is 46.9 Å². The summed E-state index contributed by atoms with van der Waals surface area (Å²) in [6.07, 6.45) is 0. The Morgan fingerprint density at radius 2 is 1.64 bits per heavy atom. The van der Waals surface area contributed by atoms with E-state index in [0.717, 1.165) is 17.1 Å². The second kappa shape index (κ2) is 9.97. The summed E-state index contributed by atoms with van der Waals surface area (Å²) in [6.45, 7) is 7.36. The van der Waals surface area contributed by atoms with Gasteiger partial charge < -0.3 is 19.1 Å².